The normalized spacial score (nSPS) is 14.4. The predicted octanol–water partition coefficient (Wildman–Crippen LogP) is 1.29. The van der Waals surface area contributed by atoms with Crippen molar-refractivity contribution in [2.75, 3.05) is 7.11 Å². The van der Waals surface area contributed by atoms with Gasteiger partial charge in [0.15, 0.2) is 5.78 Å². The maximum absolute atomic E-state index is 11.4. The maximum atomic E-state index is 11.4. The summed E-state index contributed by atoms with van der Waals surface area (Å²) in [6.07, 6.45) is 1.61. The summed E-state index contributed by atoms with van der Waals surface area (Å²) in [5.41, 5.74) is 0. The van der Waals surface area contributed by atoms with E-state index in [9.17, 15) is 9.59 Å². The van der Waals surface area contributed by atoms with Gasteiger partial charge in [-0.1, -0.05) is 6.92 Å². The lowest BCUT2D eigenvalue weighted by atomic mass is 10.1. The van der Waals surface area contributed by atoms with E-state index in [-0.39, 0.29) is 23.8 Å². The van der Waals surface area contributed by atoms with Crippen molar-refractivity contribution >= 4 is 11.7 Å². The summed E-state index contributed by atoms with van der Waals surface area (Å²) in [5.74, 6) is -0.0312. The third-order valence-corrected chi connectivity index (χ3v) is 2.39. The van der Waals surface area contributed by atoms with E-state index >= 15 is 0 Å². The predicted molar refractivity (Wildman–Crippen MR) is 58.6 cm³/mol. The molecule has 88 valence electrons. The van der Waals surface area contributed by atoms with Crippen LogP contribution in [0.5, 0.6) is 0 Å². The fraction of sp³-hybridized carbons (Fsp3) is 0.818. The zero-order valence-electron chi connectivity index (χ0n) is 10.0. The van der Waals surface area contributed by atoms with Crippen molar-refractivity contribution in [3.05, 3.63) is 0 Å². The van der Waals surface area contributed by atoms with Gasteiger partial charge in [0.05, 0.1) is 12.1 Å². The number of carbonyl (C=O) groups is 2. The molecule has 0 spiro atoms. The first-order valence-electron chi connectivity index (χ1n) is 5.36. The van der Waals surface area contributed by atoms with Crippen LogP contribution in [0.2, 0.25) is 0 Å². The number of carbonyl (C=O) groups excluding carboxylic acids is 2. The lowest BCUT2D eigenvalue weighted by Gasteiger charge is -2.13. The average molecular weight is 215 g/mol. The highest BCUT2D eigenvalue weighted by Crippen LogP contribution is 2.00. The molecule has 0 bridgehead atoms. The monoisotopic (exact) mass is 215 g/mol. The molecule has 0 saturated carbocycles. The second-order valence-electron chi connectivity index (χ2n) is 3.69. The molecule has 2 atom stereocenters. The van der Waals surface area contributed by atoms with Crippen LogP contribution in [0.3, 0.4) is 0 Å². The fourth-order valence-electron chi connectivity index (χ4n) is 1.15. The molecule has 0 radical (unpaired) electrons. The summed E-state index contributed by atoms with van der Waals surface area (Å²) in [7, 11) is 1.62. The minimum atomic E-state index is -0.375. The molecule has 0 aromatic rings. The number of hydrogen-bond acceptors (Lipinski definition) is 3. The second kappa shape index (κ2) is 7.40. The van der Waals surface area contributed by atoms with Gasteiger partial charge >= 0.3 is 0 Å². The summed E-state index contributed by atoms with van der Waals surface area (Å²) in [4.78, 5) is 22.6. The zero-order chi connectivity index (χ0) is 11.8. The molecular formula is C11H21NO3. The molecule has 0 aliphatic heterocycles. The number of hydrogen-bond donors (Lipinski definition) is 1. The average Bonchev–Trinajstić information content (AvgIpc) is 2.24. The van der Waals surface area contributed by atoms with E-state index in [0.717, 1.165) is 0 Å². The number of methoxy groups -OCH3 is 1. The molecule has 4 nitrogen and oxygen atoms in total. The van der Waals surface area contributed by atoms with Crippen LogP contribution in [-0.2, 0) is 14.3 Å². The van der Waals surface area contributed by atoms with Gasteiger partial charge in [-0.25, -0.2) is 0 Å². The number of Topliss-reactive ketones (excluding diaryl/α,β-unsaturated/α-hetero) is 1. The highest BCUT2D eigenvalue weighted by atomic mass is 16.5. The van der Waals surface area contributed by atoms with Crippen LogP contribution in [0.15, 0.2) is 0 Å². The van der Waals surface area contributed by atoms with Gasteiger partial charge in [-0.15, -0.1) is 0 Å². The van der Waals surface area contributed by atoms with Gasteiger partial charge in [0.25, 0.3) is 0 Å². The number of ether oxygens (including phenoxy) is 1. The van der Waals surface area contributed by atoms with Gasteiger partial charge in [0.1, 0.15) is 0 Å². The quantitative estimate of drug-likeness (QED) is 0.696. The Labute approximate surface area is 91.4 Å². The van der Waals surface area contributed by atoms with E-state index < -0.39 is 0 Å². The van der Waals surface area contributed by atoms with E-state index in [1.54, 1.807) is 21.0 Å². The zero-order valence-corrected chi connectivity index (χ0v) is 10.0. The van der Waals surface area contributed by atoms with Crippen molar-refractivity contribution in [3.63, 3.8) is 0 Å². The lowest BCUT2D eigenvalue weighted by molar-refractivity contribution is -0.127. The van der Waals surface area contributed by atoms with Gasteiger partial charge in [-0.2, -0.15) is 0 Å². The molecule has 0 saturated heterocycles. The topological polar surface area (TPSA) is 55.4 Å². The van der Waals surface area contributed by atoms with Crippen LogP contribution < -0.4 is 5.32 Å². The van der Waals surface area contributed by atoms with E-state index in [1.165, 1.54) is 0 Å². The molecule has 0 aromatic carbocycles. The van der Waals surface area contributed by atoms with Crippen LogP contribution in [0, 0.1) is 0 Å². The molecule has 0 aliphatic rings. The minimum absolute atomic E-state index is 0.0585. The van der Waals surface area contributed by atoms with Crippen molar-refractivity contribution in [1.29, 1.82) is 0 Å². The van der Waals surface area contributed by atoms with Gasteiger partial charge in [-0.05, 0) is 20.3 Å². The Morgan fingerprint density at radius 1 is 1.33 bits per heavy atom. The number of rotatable bonds is 7. The first kappa shape index (κ1) is 14.1. The third-order valence-electron chi connectivity index (χ3n) is 2.39. The van der Waals surface area contributed by atoms with Crippen LogP contribution >= 0.6 is 0 Å². The highest BCUT2D eigenvalue weighted by molar-refractivity contribution is 5.88. The van der Waals surface area contributed by atoms with Crippen LogP contribution in [0.25, 0.3) is 0 Å². The van der Waals surface area contributed by atoms with Gasteiger partial charge in [0, 0.05) is 20.0 Å². The number of nitrogens with one attached hydrogen (secondary N) is 1. The van der Waals surface area contributed by atoms with Crippen LogP contribution in [0.1, 0.15) is 40.0 Å². The van der Waals surface area contributed by atoms with Crippen molar-refractivity contribution in [2.24, 2.45) is 0 Å². The van der Waals surface area contributed by atoms with E-state index in [0.29, 0.717) is 19.3 Å². The minimum Gasteiger partial charge on any atom is -0.382 e. The van der Waals surface area contributed by atoms with Crippen LogP contribution in [-0.4, -0.2) is 30.9 Å². The Hall–Kier alpha value is -0.900. The van der Waals surface area contributed by atoms with Gasteiger partial charge < -0.3 is 10.1 Å². The SMILES string of the molecule is CCC(=O)C(C)NC(=O)CCC(C)OC. The van der Waals surface area contributed by atoms with Crippen LogP contribution in [0.4, 0.5) is 0 Å². The smallest absolute Gasteiger partial charge is 0.220 e. The first-order valence-corrected chi connectivity index (χ1v) is 5.36. The summed E-state index contributed by atoms with van der Waals surface area (Å²) in [6, 6.07) is -0.375. The Balaban J connectivity index is 3.78. The van der Waals surface area contributed by atoms with Gasteiger partial charge in [-0.3, -0.25) is 9.59 Å². The first-order chi connectivity index (χ1) is 7.01. The molecule has 1 amide bonds. The van der Waals surface area contributed by atoms with Crippen molar-refractivity contribution < 1.29 is 14.3 Å². The summed E-state index contributed by atoms with van der Waals surface area (Å²) in [5, 5.41) is 2.67. The Morgan fingerprint density at radius 3 is 2.40 bits per heavy atom. The molecule has 2 unspecified atom stereocenters. The van der Waals surface area contributed by atoms with E-state index in [1.807, 2.05) is 6.92 Å². The van der Waals surface area contributed by atoms with Crippen molar-refractivity contribution in [1.82, 2.24) is 5.32 Å². The molecule has 0 heterocycles. The molecular weight excluding hydrogens is 194 g/mol. The Kier molecular flexibility index (Phi) is 6.96. The summed E-state index contributed by atoms with van der Waals surface area (Å²) < 4.78 is 5.03. The maximum Gasteiger partial charge on any atom is 0.220 e. The summed E-state index contributed by atoms with van der Waals surface area (Å²) in [6.45, 7) is 5.41. The van der Waals surface area contributed by atoms with Crippen molar-refractivity contribution in [2.45, 2.75) is 52.2 Å². The second-order valence-corrected chi connectivity index (χ2v) is 3.69. The fourth-order valence-corrected chi connectivity index (χ4v) is 1.15. The Morgan fingerprint density at radius 2 is 1.93 bits per heavy atom. The molecule has 15 heavy (non-hydrogen) atoms. The summed E-state index contributed by atoms with van der Waals surface area (Å²) >= 11 is 0. The van der Waals surface area contributed by atoms with Crippen molar-refractivity contribution in [3.8, 4) is 0 Å². The molecule has 0 fully saturated rings. The standard InChI is InChI=1S/C11H21NO3/c1-5-10(13)9(3)12-11(14)7-6-8(2)15-4/h8-9H,5-7H2,1-4H3,(H,12,14). The largest absolute Gasteiger partial charge is 0.382 e. The molecule has 0 aliphatic carbocycles. The molecule has 0 aromatic heterocycles. The number of amides is 1. The molecule has 0 rings (SSSR count). The third kappa shape index (κ3) is 6.23. The lowest BCUT2D eigenvalue weighted by Crippen LogP contribution is -2.38. The van der Waals surface area contributed by atoms with Gasteiger partial charge in [0.2, 0.25) is 5.91 Å². The Bertz CT molecular complexity index is 216. The molecule has 4 heteroatoms. The van der Waals surface area contributed by atoms with E-state index in [2.05, 4.69) is 5.32 Å². The molecule has 1 N–H and O–H groups in total. The highest BCUT2D eigenvalue weighted by Gasteiger charge is 2.13. The van der Waals surface area contributed by atoms with E-state index in [4.69, 9.17) is 4.74 Å². The number of ketones is 1.